The monoisotopic (exact) mass is 276 g/mol. The fourth-order valence-electron chi connectivity index (χ4n) is 2.15. The molecule has 0 amide bonds. The second kappa shape index (κ2) is 9.35. The lowest BCUT2D eigenvalue weighted by Gasteiger charge is -2.27. The van der Waals surface area contributed by atoms with Gasteiger partial charge in [-0.2, -0.15) is 5.26 Å². The highest BCUT2D eigenvalue weighted by Crippen LogP contribution is 2.12. The normalized spacial score (nSPS) is 12.2. The summed E-state index contributed by atoms with van der Waals surface area (Å²) in [5, 5.41) is 8.83. The average molecular weight is 276 g/mol. The standard InChI is InChI=1S/C16H24N2O2/c1-4-18(14(2)13-19-3)9-6-10-20-16-8-5-7-15(11-16)12-17/h5,7-8,11,14H,4,6,9-10,13H2,1-3H3. The second-order valence-corrected chi connectivity index (χ2v) is 4.77. The molecule has 1 atom stereocenters. The fraction of sp³-hybridized carbons (Fsp3) is 0.562. The minimum Gasteiger partial charge on any atom is -0.494 e. The van der Waals surface area contributed by atoms with Crippen LogP contribution in [0.1, 0.15) is 25.8 Å². The molecule has 0 radical (unpaired) electrons. The van der Waals surface area contributed by atoms with Crippen LogP contribution in [0.15, 0.2) is 24.3 Å². The van der Waals surface area contributed by atoms with E-state index in [1.807, 2.05) is 12.1 Å². The zero-order valence-corrected chi connectivity index (χ0v) is 12.6. The third-order valence-corrected chi connectivity index (χ3v) is 3.26. The number of hydrogen-bond donors (Lipinski definition) is 0. The fourth-order valence-corrected chi connectivity index (χ4v) is 2.15. The van der Waals surface area contributed by atoms with E-state index in [0.29, 0.717) is 18.2 Å². The summed E-state index contributed by atoms with van der Waals surface area (Å²) in [6.45, 7) is 7.73. The molecule has 0 saturated heterocycles. The van der Waals surface area contributed by atoms with Crippen molar-refractivity contribution >= 4 is 0 Å². The minimum absolute atomic E-state index is 0.423. The summed E-state index contributed by atoms with van der Waals surface area (Å²) < 4.78 is 10.9. The number of hydrogen-bond acceptors (Lipinski definition) is 4. The second-order valence-electron chi connectivity index (χ2n) is 4.77. The van der Waals surface area contributed by atoms with Crippen molar-refractivity contribution in [1.82, 2.24) is 4.90 Å². The minimum atomic E-state index is 0.423. The van der Waals surface area contributed by atoms with Crippen molar-refractivity contribution in [2.45, 2.75) is 26.3 Å². The number of nitrogens with zero attached hydrogens (tertiary/aromatic N) is 2. The van der Waals surface area contributed by atoms with Gasteiger partial charge in [0.15, 0.2) is 0 Å². The Hall–Kier alpha value is -1.57. The maximum absolute atomic E-state index is 8.83. The maximum atomic E-state index is 8.83. The Morgan fingerprint density at radius 2 is 2.20 bits per heavy atom. The quantitative estimate of drug-likeness (QED) is 0.651. The summed E-state index contributed by atoms with van der Waals surface area (Å²) in [5.41, 5.74) is 0.631. The molecule has 0 spiro atoms. The largest absolute Gasteiger partial charge is 0.494 e. The first-order valence-corrected chi connectivity index (χ1v) is 7.07. The van der Waals surface area contributed by atoms with Crippen molar-refractivity contribution in [3.05, 3.63) is 29.8 Å². The third kappa shape index (κ3) is 5.60. The van der Waals surface area contributed by atoms with Crippen molar-refractivity contribution in [2.75, 3.05) is 33.4 Å². The topological polar surface area (TPSA) is 45.5 Å². The number of likely N-dealkylation sites (N-methyl/N-ethyl adjacent to an activating group) is 1. The van der Waals surface area contributed by atoms with Gasteiger partial charge in [0.2, 0.25) is 0 Å². The van der Waals surface area contributed by atoms with Crippen LogP contribution in [-0.2, 0) is 4.74 Å². The van der Waals surface area contributed by atoms with Gasteiger partial charge in [0, 0.05) is 19.7 Å². The Morgan fingerprint density at radius 1 is 1.40 bits per heavy atom. The first-order chi connectivity index (χ1) is 9.71. The lowest BCUT2D eigenvalue weighted by atomic mass is 10.2. The van der Waals surface area contributed by atoms with Crippen molar-refractivity contribution in [2.24, 2.45) is 0 Å². The highest BCUT2D eigenvalue weighted by atomic mass is 16.5. The van der Waals surface area contributed by atoms with Gasteiger partial charge < -0.3 is 9.47 Å². The van der Waals surface area contributed by atoms with Crippen molar-refractivity contribution < 1.29 is 9.47 Å². The molecule has 1 rings (SSSR count). The number of nitriles is 1. The first-order valence-electron chi connectivity index (χ1n) is 7.07. The van der Waals surface area contributed by atoms with Gasteiger partial charge in [0.05, 0.1) is 24.8 Å². The molecule has 0 aromatic heterocycles. The van der Waals surface area contributed by atoms with Crippen LogP contribution >= 0.6 is 0 Å². The molecule has 1 unspecified atom stereocenters. The molecule has 0 bridgehead atoms. The van der Waals surface area contributed by atoms with E-state index >= 15 is 0 Å². The Balaban J connectivity index is 2.31. The van der Waals surface area contributed by atoms with Crippen molar-refractivity contribution in [1.29, 1.82) is 5.26 Å². The molecule has 0 aliphatic heterocycles. The molecule has 1 aromatic rings. The summed E-state index contributed by atoms with van der Waals surface area (Å²) in [4.78, 5) is 2.37. The molecule has 0 aliphatic rings. The Kier molecular flexibility index (Phi) is 7.71. The molecule has 0 aliphatic carbocycles. The van der Waals surface area contributed by atoms with E-state index in [-0.39, 0.29) is 0 Å². The van der Waals surface area contributed by atoms with E-state index in [2.05, 4.69) is 24.8 Å². The number of rotatable bonds is 9. The zero-order valence-electron chi connectivity index (χ0n) is 12.6. The highest BCUT2D eigenvalue weighted by Gasteiger charge is 2.10. The molecule has 0 heterocycles. The predicted molar refractivity (Wildman–Crippen MR) is 79.9 cm³/mol. The van der Waals surface area contributed by atoms with Crippen LogP contribution in [0.25, 0.3) is 0 Å². The van der Waals surface area contributed by atoms with Crippen LogP contribution in [0.5, 0.6) is 5.75 Å². The summed E-state index contributed by atoms with van der Waals surface area (Å²) >= 11 is 0. The lowest BCUT2D eigenvalue weighted by Crippen LogP contribution is -2.37. The zero-order chi connectivity index (χ0) is 14.8. The Morgan fingerprint density at radius 3 is 2.85 bits per heavy atom. The molecule has 0 saturated carbocycles. The van der Waals surface area contributed by atoms with E-state index in [0.717, 1.165) is 31.9 Å². The SMILES string of the molecule is CCN(CCCOc1cccc(C#N)c1)C(C)COC. The smallest absolute Gasteiger partial charge is 0.120 e. The molecule has 1 aromatic carbocycles. The van der Waals surface area contributed by atoms with Crippen LogP contribution in [0.4, 0.5) is 0 Å². The van der Waals surface area contributed by atoms with Crippen molar-refractivity contribution in [3.8, 4) is 11.8 Å². The van der Waals surface area contributed by atoms with Crippen LogP contribution in [0.3, 0.4) is 0 Å². The van der Waals surface area contributed by atoms with E-state index in [1.54, 1.807) is 19.2 Å². The van der Waals surface area contributed by atoms with Crippen LogP contribution in [-0.4, -0.2) is 44.4 Å². The molecular formula is C16H24N2O2. The van der Waals surface area contributed by atoms with Crippen molar-refractivity contribution in [3.63, 3.8) is 0 Å². The van der Waals surface area contributed by atoms with Gasteiger partial charge in [-0.05, 0) is 38.1 Å². The van der Waals surface area contributed by atoms with Crippen LogP contribution in [0, 0.1) is 11.3 Å². The van der Waals surface area contributed by atoms with E-state index in [9.17, 15) is 0 Å². The van der Waals surface area contributed by atoms with E-state index in [1.165, 1.54) is 0 Å². The number of ether oxygens (including phenoxy) is 2. The predicted octanol–water partition coefficient (Wildman–Crippen LogP) is 2.68. The molecule has 0 N–H and O–H groups in total. The Labute approximate surface area is 121 Å². The summed E-state index contributed by atoms with van der Waals surface area (Å²) in [6, 6.07) is 9.80. The number of methoxy groups -OCH3 is 1. The summed E-state index contributed by atoms with van der Waals surface area (Å²) in [5.74, 6) is 0.761. The van der Waals surface area contributed by atoms with E-state index in [4.69, 9.17) is 14.7 Å². The van der Waals surface area contributed by atoms with Crippen LogP contribution < -0.4 is 4.74 Å². The Bertz CT molecular complexity index is 429. The lowest BCUT2D eigenvalue weighted by molar-refractivity contribution is 0.0985. The first kappa shape index (κ1) is 16.5. The molecular weight excluding hydrogens is 252 g/mol. The number of benzene rings is 1. The highest BCUT2D eigenvalue weighted by molar-refractivity contribution is 5.36. The molecule has 4 heteroatoms. The van der Waals surface area contributed by atoms with Crippen LogP contribution in [0.2, 0.25) is 0 Å². The maximum Gasteiger partial charge on any atom is 0.120 e. The van der Waals surface area contributed by atoms with Gasteiger partial charge in [-0.1, -0.05) is 13.0 Å². The molecule has 4 nitrogen and oxygen atoms in total. The van der Waals surface area contributed by atoms with Gasteiger partial charge in [0.1, 0.15) is 5.75 Å². The van der Waals surface area contributed by atoms with Gasteiger partial charge in [0.25, 0.3) is 0 Å². The molecule has 0 fully saturated rings. The van der Waals surface area contributed by atoms with Gasteiger partial charge in [-0.15, -0.1) is 0 Å². The summed E-state index contributed by atoms with van der Waals surface area (Å²) in [6.07, 6.45) is 0.957. The molecule has 110 valence electrons. The van der Waals surface area contributed by atoms with Gasteiger partial charge >= 0.3 is 0 Å². The summed E-state index contributed by atoms with van der Waals surface area (Å²) in [7, 11) is 1.73. The molecule has 20 heavy (non-hydrogen) atoms. The van der Waals surface area contributed by atoms with Gasteiger partial charge in [-0.3, -0.25) is 4.90 Å². The van der Waals surface area contributed by atoms with E-state index < -0.39 is 0 Å². The van der Waals surface area contributed by atoms with Gasteiger partial charge in [-0.25, -0.2) is 0 Å². The third-order valence-electron chi connectivity index (χ3n) is 3.26. The average Bonchev–Trinajstić information content (AvgIpc) is 2.47.